The van der Waals surface area contributed by atoms with Crippen LogP contribution in [0.1, 0.15) is 19.8 Å². The molecule has 4 heteroatoms. The maximum Gasteiger partial charge on any atom is 0.223 e. The van der Waals surface area contributed by atoms with Gasteiger partial charge in [0.1, 0.15) is 0 Å². The third-order valence-electron chi connectivity index (χ3n) is 2.22. The van der Waals surface area contributed by atoms with Gasteiger partial charge in [0.15, 0.2) is 0 Å². The first-order valence-electron chi connectivity index (χ1n) is 4.77. The lowest BCUT2D eigenvalue weighted by atomic mass is 10.2. The lowest BCUT2D eigenvalue weighted by Crippen LogP contribution is -2.50. The van der Waals surface area contributed by atoms with Crippen molar-refractivity contribution in [1.29, 1.82) is 0 Å². The highest BCUT2D eigenvalue weighted by molar-refractivity contribution is 5.76. The summed E-state index contributed by atoms with van der Waals surface area (Å²) in [5.74, 6) is 0.129. The number of morpholine rings is 1. The van der Waals surface area contributed by atoms with Crippen molar-refractivity contribution in [3.8, 4) is 0 Å². The van der Waals surface area contributed by atoms with Gasteiger partial charge in [0.25, 0.3) is 0 Å². The molecule has 0 aromatic carbocycles. The first-order valence-corrected chi connectivity index (χ1v) is 4.77. The van der Waals surface area contributed by atoms with Crippen LogP contribution in [-0.4, -0.2) is 48.3 Å². The van der Waals surface area contributed by atoms with E-state index in [1.165, 1.54) is 0 Å². The minimum absolute atomic E-state index is 0.00451. The molecule has 4 nitrogen and oxygen atoms in total. The van der Waals surface area contributed by atoms with Crippen LogP contribution in [0.25, 0.3) is 0 Å². The van der Waals surface area contributed by atoms with Crippen molar-refractivity contribution < 1.29 is 14.6 Å². The van der Waals surface area contributed by atoms with Crippen LogP contribution < -0.4 is 0 Å². The topological polar surface area (TPSA) is 49.8 Å². The largest absolute Gasteiger partial charge is 0.394 e. The van der Waals surface area contributed by atoms with E-state index in [0.717, 1.165) is 6.42 Å². The zero-order valence-corrected chi connectivity index (χ0v) is 8.03. The van der Waals surface area contributed by atoms with Gasteiger partial charge in [-0.3, -0.25) is 4.79 Å². The Bertz CT molecular complexity index is 172. The van der Waals surface area contributed by atoms with Crippen molar-refractivity contribution in [2.45, 2.75) is 25.8 Å². The second-order valence-electron chi connectivity index (χ2n) is 3.25. The molecule has 0 spiro atoms. The second kappa shape index (κ2) is 5.19. The van der Waals surface area contributed by atoms with E-state index >= 15 is 0 Å². The highest BCUT2D eigenvalue weighted by atomic mass is 16.5. The van der Waals surface area contributed by atoms with Crippen molar-refractivity contribution in [3.63, 3.8) is 0 Å². The van der Waals surface area contributed by atoms with E-state index in [1.54, 1.807) is 4.90 Å². The van der Waals surface area contributed by atoms with Crippen molar-refractivity contribution in [1.82, 2.24) is 4.90 Å². The summed E-state index contributed by atoms with van der Waals surface area (Å²) in [5.41, 5.74) is 0. The number of carbonyl (C=O) groups excluding carboxylic acids is 1. The number of rotatable bonds is 3. The number of nitrogens with zero attached hydrogens (tertiary/aromatic N) is 1. The van der Waals surface area contributed by atoms with Gasteiger partial charge in [-0.15, -0.1) is 0 Å². The number of aliphatic hydroxyl groups is 1. The third kappa shape index (κ3) is 2.67. The summed E-state index contributed by atoms with van der Waals surface area (Å²) in [4.78, 5) is 13.3. The molecule has 1 heterocycles. The molecule has 0 aromatic rings. The summed E-state index contributed by atoms with van der Waals surface area (Å²) in [6.07, 6.45) is 1.42. The Hall–Kier alpha value is -0.610. The molecule has 1 fully saturated rings. The van der Waals surface area contributed by atoms with E-state index < -0.39 is 0 Å². The molecular weight excluding hydrogens is 170 g/mol. The van der Waals surface area contributed by atoms with Gasteiger partial charge >= 0.3 is 0 Å². The van der Waals surface area contributed by atoms with Gasteiger partial charge in [-0.1, -0.05) is 6.92 Å². The predicted molar refractivity (Wildman–Crippen MR) is 48.3 cm³/mol. The fourth-order valence-corrected chi connectivity index (χ4v) is 1.49. The number of ether oxygens (including phenoxy) is 1. The Morgan fingerprint density at radius 3 is 3.08 bits per heavy atom. The van der Waals surface area contributed by atoms with Gasteiger partial charge < -0.3 is 14.7 Å². The lowest BCUT2D eigenvalue weighted by molar-refractivity contribution is -0.141. The molecule has 1 unspecified atom stereocenters. The molecule has 1 amide bonds. The molecule has 1 N–H and O–H groups in total. The molecule has 0 bridgehead atoms. The normalized spacial score (nSPS) is 23.2. The summed E-state index contributed by atoms with van der Waals surface area (Å²) in [6.45, 7) is 3.64. The minimum atomic E-state index is -0.132. The molecule has 1 saturated heterocycles. The van der Waals surface area contributed by atoms with Crippen molar-refractivity contribution in [2.24, 2.45) is 0 Å². The molecular formula is C9H17NO3. The Labute approximate surface area is 78.5 Å². The fourth-order valence-electron chi connectivity index (χ4n) is 1.49. The van der Waals surface area contributed by atoms with Crippen LogP contribution in [-0.2, 0) is 9.53 Å². The first kappa shape index (κ1) is 10.5. The van der Waals surface area contributed by atoms with Crippen molar-refractivity contribution in [3.05, 3.63) is 0 Å². The van der Waals surface area contributed by atoms with Gasteiger partial charge in [-0.2, -0.15) is 0 Å². The lowest BCUT2D eigenvalue weighted by Gasteiger charge is -2.34. The van der Waals surface area contributed by atoms with Crippen LogP contribution in [0.2, 0.25) is 0 Å². The molecule has 0 aromatic heterocycles. The molecule has 0 aliphatic carbocycles. The van der Waals surface area contributed by atoms with Gasteiger partial charge in [0, 0.05) is 13.0 Å². The van der Waals surface area contributed by atoms with Gasteiger partial charge in [0.05, 0.1) is 25.9 Å². The van der Waals surface area contributed by atoms with E-state index in [4.69, 9.17) is 9.84 Å². The van der Waals surface area contributed by atoms with Crippen molar-refractivity contribution >= 4 is 5.91 Å². The number of carbonyl (C=O) groups is 1. The standard InChI is InChI=1S/C9H17NO3/c1-2-3-9(12)10-4-5-13-7-8(10)6-11/h8,11H,2-7H2,1H3. The smallest absolute Gasteiger partial charge is 0.223 e. The molecule has 1 aliphatic heterocycles. The highest BCUT2D eigenvalue weighted by Crippen LogP contribution is 2.08. The van der Waals surface area contributed by atoms with E-state index in [-0.39, 0.29) is 18.6 Å². The third-order valence-corrected chi connectivity index (χ3v) is 2.22. The average Bonchev–Trinajstić information content (AvgIpc) is 2.18. The second-order valence-corrected chi connectivity index (χ2v) is 3.25. The van der Waals surface area contributed by atoms with Gasteiger partial charge in [-0.25, -0.2) is 0 Å². The zero-order chi connectivity index (χ0) is 9.68. The SMILES string of the molecule is CCCC(=O)N1CCOCC1CO. The summed E-state index contributed by atoms with van der Waals surface area (Å²) in [5, 5.41) is 9.00. The number of hydrogen-bond donors (Lipinski definition) is 1. The van der Waals surface area contributed by atoms with Crippen LogP contribution >= 0.6 is 0 Å². The van der Waals surface area contributed by atoms with Gasteiger partial charge in [0.2, 0.25) is 5.91 Å². The molecule has 0 saturated carbocycles. The molecule has 1 aliphatic rings. The Balaban J connectivity index is 2.48. The molecule has 76 valence electrons. The van der Waals surface area contributed by atoms with Crippen LogP contribution in [0.5, 0.6) is 0 Å². The predicted octanol–water partition coefficient (Wildman–Crippen LogP) is 0.00620. The minimum Gasteiger partial charge on any atom is -0.394 e. The summed E-state index contributed by atoms with van der Waals surface area (Å²) < 4.78 is 5.18. The van der Waals surface area contributed by atoms with Crippen molar-refractivity contribution in [2.75, 3.05) is 26.4 Å². The molecule has 13 heavy (non-hydrogen) atoms. The molecule has 1 atom stereocenters. The maximum atomic E-state index is 11.5. The summed E-state index contributed by atoms with van der Waals surface area (Å²) >= 11 is 0. The fraction of sp³-hybridized carbons (Fsp3) is 0.889. The molecule has 0 radical (unpaired) electrons. The van der Waals surface area contributed by atoms with E-state index in [2.05, 4.69) is 0 Å². The zero-order valence-electron chi connectivity index (χ0n) is 8.03. The van der Waals surface area contributed by atoms with E-state index in [9.17, 15) is 4.79 Å². The Morgan fingerprint density at radius 1 is 1.69 bits per heavy atom. The van der Waals surface area contributed by atoms with Crippen LogP contribution in [0, 0.1) is 0 Å². The van der Waals surface area contributed by atoms with E-state index in [1.807, 2.05) is 6.92 Å². The Kier molecular flexibility index (Phi) is 4.18. The van der Waals surface area contributed by atoms with Crippen LogP contribution in [0.15, 0.2) is 0 Å². The summed E-state index contributed by atoms with van der Waals surface area (Å²) in [7, 11) is 0. The maximum absolute atomic E-state index is 11.5. The van der Waals surface area contributed by atoms with Crippen LogP contribution in [0.3, 0.4) is 0 Å². The quantitative estimate of drug-likeness (QED) is 0.677. The average molecular weight is 187 g/mol. The highest BCUT2D eigenvalue weighted by Gasteiger charge is 2.25. The van der Waals surface area contributed by atoms with E-state index in [0.29, 0.717) is 26.2 Å². The number of aliphatic hydroxyl groups excluding tert-OH is 1. The number of hydrogen-bond acceptors (Lipinski definition) is 3. The number of amides is 1. The van der Waals surface area contributed by atoms with Crippen LogP contribution in [0.4, 0.5) is 0 Å². The van der Waals surface area contributed by atoms with Gasteiger partial charge in [-0.05, 0) is 6.42 Å². The first-order chi connectivity index (χ1) is 6.29. The monoisotopic (exact) mass is 187 g/mol. The molecule has 1 rings (SSSR count). The summed E-state index contributed by atoms with van der Waals surface area (Å²) in [6, 6.07) is -0.132. The Morgan fingerprint density at radius 2 is 2.46 bits per heavy atom.